The quantitative estimate of drug-likeness (QED) is 0.924. The van der Waals surface area contributed by atoms with Gasteiger partial charge in [0, 0.05) is 25.0 Å². The van der Waals surface area contributed by atoms with Gasteiger partial charge in [-0.3, -0.25) is 4.79 Å². The predicted molar refractivity (Wildman–Crippen MR) is 87.4 cm³/mol. The summed E-state index contributed by atoms with van der Waals surface area (Å²) >= 11 is 0. The lowest BCUT2D eigenvalue weighted by molar-refractivity contribution is 0.294. The molecule has 0 unspecified atom stereocenters. The Morgan fingerprint density at radius 2 is 2.23 bits per heavy atom. The molecule has 0 spiro atoms. The number of pyridine rings is 1. The summed E-state index contributed by atoms with van der Waals surface area (Å²) in [4.78, 5) is 21.1. The van der Waals surface area contributed by atoms with Gasteiger partial charge in [-0.2, -0.15) is 0 Å². The summed E-state index contributed by atoms with van der Waals surface area (Å²) in [5.41, 5.74) is 2.19. The zero-order valence-electron chi connectivity index (χ0n) is 12.4. The highest BCUT2D eigenvalue weighted by Gasteiger charge is 2.20. The van der Waals surface area contributed by atoms with Crippen LogP contribution in [0.25, 0.3) is 11.1 Å². The molecule has 0 aliphatic carbocycles. The lowest BCUT2D eigenvalue weighted by atomic mass is 10.0. The fourth-order valence-corrected chi connectivity index (χ4v) is 2.51. The maximum Gasteiger partial charge on any atom is 0.255 e. The molecule has 0 atom stereocenters. The third-order valence-corrected chi connectivity index (χ3v) is 3.61. The summed E-state index contributed by atoms with van der Waals surface area (Å²) in [5, 5.41) is 0. The molecule has 5 heteroatoms. The average Bonchev–Trinajstić information content (AvgIpc) is 2.68. The summed E-state index contributed by atoms with van der Waals surface area (Å²) in [7, 11) is 1.96. The van der Waals surface area contributed by atoms with Crippen LogP contribution in [0.4, 0.5) is 0 Å². The summed E-state index contributed by atoms with van der Waals surface area (Å²) in [6.07, 6.45) is 3.14. The summed E-state index contributed by atoms with van der Waals surface area (Å²) in [6.45, 7) is 5.00. The van der Waals surface area contributed by atoms with Gasteiger partial charge in [0.15, 0.2) is 0 Å². The Kier molecular flexibility index (Phi) is 3.78. The predicted octanol–water partition coefficient (Wildman–Crippen LogP) is 2.26. The molecule has 3 rings (SSSR count). The number of aromatic amines is 1. The van der Waals surface area contributed by atoms with Crippen LogP contribution in [-0.2, 0) is 0 Å². The maximum absolute atomic E-state index is 12.0. The first-order valence-electron chi connectivity index (χ1n) is 7.06. The second-order valence-corrected chi connectivity index (χ2v) is 5.03. The summed E-state index contributed by atoms with van der Waals surface area (Å²) < 4.78 is 5.77. The minimum Gasteiger partial charge on any atom is -0.491 e. The molecule has 0 bridgehead atoms. The van der Waals surface area contributed by atoms with Crippen LogP contribution >= 0.6 is 0 Å². The lowest BCUT2D eigenvalue weighted by Crippen LogP contribution is -2.28. The molecule has 1 aliphatic rings. The number of aromatic nitrogens is 1. The van der Waals surface area contributed by atoms with E-state index in [-0.39, 0.29) is 5.56 Å². The summed E-state index contributed by atoms with van der Waals surface area (Å²) in [6, 6.07) is 9.31. The van der Waals surface area contributed by atoms with E-state index in [0.717, 1.165) is 29.3 Å². The van der Waals surface area contributed by atoms with Gasteiger partial charge in [0.1, 0.15) is 18.2 Å². The first kappa shape index (κ1) is 14.1. The molecule has 2 heterocycles. The Labute approximate surface area is 128 Å². The van der Waals surface area contributed by atoms with E-state index >= 15 is 0 Å². The Bertz CT molecular complexity index is 792. The zero-order chi connectivity index (χ0) is 15.5. The second kappa shape index (κ2) is 5.89. The monoisotopic (exact) mass is 295 g/mol. The molecule has 2 aromatic rings. The molecule has 22 heavy (non-hydrogen) atoms. The van der Waals surface area contributed by atoms with E-state index in [1.165, 1.54) is 6.20 Å². The number of fused-ring (bicyclic) bond motifs is 1. The Balaban J connectivity index is 2.18. The number of hydrogen-bond acceptors (Lipinski definition) is 3. The maximum atomic E-state index is 12.0. The molecule has 0 amide bonds. The Morgan fingerprint density at radius 3 is 3.00 bits per heavy atom. The number of H-pyrrole nitrogens is 1. The van der Waals surface area contributed by atoms with Crippen molar-refractivity contribution >= 4 is 5.84 Å². The lowest BCUT2D eigenvalue weighted by Gasteiger charge is -2.17. The highest BCUT2D eigenvalue weighted by atomic mass is 16.5. The molecular formula is C17H17N3O2. The standard InChI is InChI=1S/C17H17N3O2/c1-3-18-16-14-11-12(13-5-4-8-19-17(13)21)6-7-15(14)22-10-9-20(16)2/h3-8,11H,1,9-10H2,2H3,(H,19,21). The molecule has 0 saturated carbocycles. The number of likely N-dealkylation sites (N-methyl/N-ethyl adjacent to an activating group) is 1. The van der Waals surface area contributed by atoms with Crippen molar-refractivity contribution in [2.45, 2.75) is 0 Å². The molecule has 0 saturated heterocycles. The third-order valence-electron chi connectivity index (χ3n) is 3.61. The molecule has 0 radical (unpaired) electrons. The number of aliphatic imine (C=N–C) groups is 1. The average molecular weight is 295 g/mol. The highest BCUT2D eigenvalue weighted by molar-refractivity contribution is 6.02. The third kappa shape index (κ3) is 2.53. The number of hydrogen-bond donors (Lipinski definition) is 1. The van der Waals surface area contributed by atoms with Gasteiger partial charge in [0.05, 0.1) is 12.1 Å². The Hall–Kier alpha value is -2.82. The van der Waals surface area contributed by atoms with Crippen LogP contribution in [0.2, 0.25) is 0 Å². The van der Waals surface area contributed by atoms with Gasteiger partial charge < -0.3 is 14.6 Å². The van der Waals surface area contributed by atoms with Crippen LogP contribution in [0.15, 0.2) is 59.1 Å². The summed E-state index contributed by atoms with van der Waals surface area (Å²) in [5.74, 6) is 1.55. The highest BCUT2D eigenvalue weighted by Crippen LogP contribution is 2.28. The van der Waals surface area contributed by atoms with E-state index in [2.05, 4.69) is 16.6 Å². The van der Waals surface area contributed by atoms with Gasteiger partial charge in [-0.05, 0) is 29.8 Å². The molecule has 1 N–H and O–H groups in total. The number of nitrogens with one attached hydrogen (secondary N) is 1. The fourth-order valence-electron chi connectivity index (χ4n) is 2.51. The van der Waals surface area contributed by atoms with Crippen molar-refractivity contribution in [3.05, 3.63) is 65.2 Å². The van der Waals surface area contributed by atoms with Crippen molar-refractivity contribution in [3.63, 3.8) is 0 Å². The molecule has 0 fully saturated rings. The van der Waals surface area contributed by atoms with E-state index < -0.39 is 0 Å². The normalized spacial score (nSPS) is 15.9. The number of rotatable bonds is 2. The number of benzene rings is 1. The Morgan fingerprint density at radius 1 is 1.36 bits per heavy atom. The van der Waals surface area contributed by atoms with Gasteiger partial charge in [-0.1, -0.05) is 12.6 Å². The number of nitrogens with zero attached hydrogens (tertiary/aromatic N) is 2. The fraction of sp³-hybridized carbons (Fsp3) is 0.176. The molecule has 1 aromatic heterocycles. The molecular weight excluding hydrogens is 278 g/mol. The van der Waals surface area contributed by atoms with E-state index in [9.17, 15) is 4.79 Å². The SMILES string of the molecule is C=CN=C1c2cc(-c3ccc[nH]c3=O)ccc2OCCN1C. The van der Waals surface area contributed by atoms with Gasteiger partial charge in [-0.25, -0.2) is 4.99 Å². The van der Waals surface area contributed by atoms with Gasteiger partial charge >= 0.3 is 0 Å². The van der Waals surface area contributed by atoms with E-state index in [0.29, 0.717) is 12.2 Å². The van der Waals surface area contributed by atoms with Crippen LogP contribution in [0.1, 0.15) is 5.56 Å². The minimum atomic E-state index is -0.118. The van der Waals surface area contributed by atoms with Crippen LogP contribution in [0.3, 0.4) is 0 Å². The van der Waals surface area contributed by atoms with Crippen LogP contribution in [0, 0.1) is 0 Å². The smallest absolute Gasteiger partial charge is 0.255 e. The van der Waals surface area contributed by atoms with Crippen molar-refractivity contribution in [1.82, 2.24) is 9.88 Å². The first-order valence-corrected chi connectivity index (χ1v) is 7.06. The van der Waals surface area contributed by atoms with Crippen molar-refractivity contribution in [2.24, 2.45) is 4.99 Å². The van der Waals surface area contributed by atoms with Gasteiger partial charge in [0.25, 0.3) is 5.56 Å². The largest absolute Gasteiger partial charge is 0.491 e. The van der Waals surface area contributed by atoms with Crippen molar-refractivity contribution < 1.29 is 4.74 Å². The van der Waals surface area contributed by atoms with Crippen LogP contribution in [-0.4, -0.2) is 35.9 Å². The van der Waals surface area contributed by atoms with Gasteiger partial charge in [0.2, 0.25) is 0 Å². The first-order chi connectivity index (χ1) is 10.7. The molecule has 1 aliphatic heterocycles. The molecule has 1 aromatic carbocycles. The van der Waals surface area contributed by atoms with E-state index in [1.807, 2.05) is 36.2 Å². The topological polar surface area (TPSA) is 57.7 Å². The molecule has 112 valence electrons. The van der Waals surface area contributed by atoms with Crippen molar-refractivity contribution in [3.8, 4) is 16.9 Å². The van der Waals surface area contributed by atoms with E-state index in [1.54, 1.807) is 12.3 Å². The van der Waals surface area contributed by atoms with Gasteiger partial charge in [-0.15, -0.1) is 0 Å². The van der Waals surface area contributed by atoms with Crippen molar-refractivity contribution in [2.75, 3.05) is 20.2 Å². The number of ether oxygens (including phenoxy) is 1. The van der Waals surface area contributed by atoms with E-state index in [4.69, 9.17) is 4.74 Å². The molecule has 5 nitrogen and oxygen atoms in total. The minimum absolute atomic E-state index is 0.118. The van der Waals surface area contributed by atoms with Crippen LogP contribution < -0.4 is 10.3 Å². The van der Waals surface area contributed by atoms with Crippen molar-refractivity contribution in [1.29, 1.82) is 0 Å². The van der Waals surface area contributed by atoms with Crippen LogP contribution in [0.5, 0.6) is 5.75 Å². The number of amidine groups is 1. The second-order valence-electron chi connectivity index (χ2n) is 5.03. The zero-order valence-corrected chi connectivity index (χ0v) is 12.4.